The number of aromatic nitrogens is 2. The van der Waals surface area contributed by atoms with Gasteiger partial charge in [-0.2, -0.15) is 0 Å². The maximum Gasteiger partial charge on any atom is 0.257 e. The first kappa shape index (κ1) is 26.7. The van der Waals surface area contributed by atoms with E-state index in [1.807, 2.05) is 0 Å². The average Bonchev–Trinajstić information content (AvgIpc) is 2.94. The molecule has 1 aliphatic rings. The molecule has 1 aliphatic carbocycles. The molecule has 0 spiro atoms. The number of hydrogen-bond donors (Lipinski definition) is 0. The number of ether oxygens (including phenoxy) is 3. The molecule has 2 aromatic carbocycles. The maximum atomic E-state index is 15.1. The minimum absolute atomic E-state index is 0.0318. The predicted molar refractivity (Wildman–Crippen MR) is 145 cm³/mol. The van der Waals surface area contributed by atoms with Crippen LogP contribution in [0.2, 0.25) is 0 Å². The van der Waals surface area contributed by atoms with E-state index in [2.05, 4.69) is 9.97 Å². The first-order valence-corrected chi connectivity index (χ1v) is 12.4. The van der Waals surface area contributed by atoms with E-state index in [0.717, 1.165) is 5.57 Å². The van der Waals surface area contributed by atoms with E-state index in [0.29, 0.717) is 39.9 Å². The number of halogens is 2. The highest BCUT2D eigenvalue weighted by atomic mass is 19.1. The van der Waals surface area contributed by atoms with Gasteiger partial charge in [0.1, 0.15) is 11.3 Å². The van der Waals surface area contributed by atoms with Crippen LogP contribution in [0.3, 0.4) is 0 Å². The van der Waals surface area contributed by atoms with Gasteiger partial charge in [-0.25, -0.2) is 13.8 Å². The van der Waals surface area contributed by atoms with Gasteiger partial charge in [0.25, 0.3) is 5.88 Å². The molecule has 0 fully saturated rings. The Hall–Kier alpha value is -4.92. The minimum Gasteiger partial charge on any atom is -0.491 e. The highest BCUT2D eigenvalue weighted by Gasteiger charge is 2.27. The van der Waals surface area contributed by atoms with Crippen molar-refractivity contribution in [1.82, 2.24) is 9.97 Å². The molecule has 0 atom stereocenters. The number of carbonyl (C=O) groups is 2. The molecule has 2 aromatic heterocycles. The van der Waals surface area contributed by atoms with Gasteiger partial charge in [-0.05, 0) is 48.7 Å². The van der Waals surface area contributed by atoms with Crippen molar-refractivity contribution in [3.05, 3.63) is 101 Å². The molecular weight excluding hydrogens is 518 g/mol. The zero-order valence-electron chi connectivity index (χ0n) is 22.0. The molecule has 0 unspecified atom stereocenters. The maximum absolute atomic E-state index is 15.1. The van der Waals surface area contributed by atoms with Gasteiger partial charge in [-0.3, -0.25) is 14.6 Å². The largest absolute Gasteiger partial charge is 0.491 e. The molecule has 0 radical (unpaired) electrons. The van der Waals surface area contributed by atoms with E-state index >= 15 is 4.39 Å². The van der Waals surface area contributed by atoms with Crippen molar-refractivity contribution >= 4 is 28.2 Å². The molecule has 202 valence electrons. The van der Waals surface area contributed by atoms with Gasteiger partial charge in [-0.15, -0.1) is 0 Å². The van der Waals surface area contributed by atoms with Crippen LogP contribution in [-0.4, -0.2) is 35.8 Å². The van der Waals surface area contributed by atoms with Crippen molar-refractivity contribution in [2.75, 3.05) is 14.2 Å². The van der Waals surface area contributed by atoms with Crippen LogP contribution < -0.4 is 14.2 Å². The zero-order chi connectivity index (χ0) is 28.4. The van der Waals surface area contributed by atoms with Gasteiger partial charge in [0, 0.05) is 30.3 Å². The molecule has 0 N–H and O–H groups in total. The van der Waals surface area contributed by atoms with Crippen molar-refractivity contribution in [1.29, 1.82) is 0 Å². The summed E-state index contributed by atoms with van der Waals surface area (Å²) in [5.41, 5.74) is 2.94. The Morgan fingerprint density at radius 2 is 1.73 bits per heavy atom. The van der Waals surface area contributed by atoms with Crippen LogP contribution in [0.15, 0.2) is 78.0 Å². The normalized spacial score (nSPS) is 13.3. The van der Waals surface area contributed by atoms with Gasteiger partial charge < -0.3 is 14.2 Å². The molecule has 4 aromatic rings. The van der Waals surface area contributed by atoms with E-state index in [4.69, 9.17) is 14.2 Å². The van der Waals surface area contributed by atoms with Crippen LogP contribution in [0.5, 0.6) is 23.1 Å². The fourth-order valence-electron chi connectivity index (χ4n) is 4.54. The lowest BCUT2D eigenvalue weighted by Gasteiger charge is -2.18. The quantitative estimate of drug-likeness (QED) is 0.245. The molecule has 5 rings (SSSR count). The Labute approximate surface area is 228 Å². The van der Waals surface area contributed by atoms with Crippen molar-refractivity contribution < 1.29 is 32.6 Å². The summed E-state index contributed by atoms with van der Waals surface area (Å²) < 4.78 is 44.8. The highest BCUT2D eigenvalue weighted by molar-refractivity contribution is 6.39. The molecule has 2 heterocycles. The van der Waals surface area contributed by atoms with Crippen LogP contribution >= 0.6 is 0 Å². The Morgan fingerprint density at radius 1 is 0.950 bits per heavy atom. The first-order valence-electron chi connectivity index (χ1n) is 12.4. The fourth-order valence-corrected chi connectivity index (χ4v) is 4.54. The van der Waals surface area contributed by atoms with E-state index in [1.54, 1.807) is 31.2 Å². The number of hydrogen-bond acceptors (Lipinski definition) is 7. The van der Waals surface area contributed by atoms with Crippen molar-refractivity contribution in [2.45, 2.75) is 19.8 Å². The number of pyridine rings is 2. The second kappa shape index (κ2) is 11.1. The highest BCUT2D eigenvalue weighted by Crippen LogP contribution is 2.35. The number of carbonyl (C=O) groups excluding carboxylic acids is 2. The number of rotatable bonds is 8. The van der Waals surface area contributed by atoms with Gasteiger partial charge in [0.05, 0.1) is 25.3 Å². The Kier molecular flexibility index (Phi) is 7.37. The van der Waals surface area contributed by atoms with Crippen LogP contribution in [0.25, 0.3) is 16.6 Å². The van der Waals surface area contributed by atoms with E-state index in [-0.39, 0.29) is 29.4 Å². The zero-order valence-corrected chi connectivity index (χ0v) is 22.0. The number of ketones is 2. The molecule has 7 nitrogen and oxygen atoms in total. The van der Waals surface area contributed by atoms with Crippen molar-refractivity contribution in [3.8, 4) is 23.1 Å². The lowest BCUT2D eigenvalue weighted by Crippen LogP contribution is -2.20. The number of allylic oxidation sites excluding steroid dienone is 4. The third-order valence-corrected chi connectivity index (χ3v) is 6.55. The molecule has 0 amide bonds. The second-order valence-corrected chi connectivity index (χ2v) is 9.16. The van der Waals surface area contributed by atoms with Crippen LogP contribution in [0.4, 0.5) is 8.78 Å². The summed E-state index contributed by atoms with van der Waals surface area (Å²) in [5, 5.41) is 0. The Bertz CT molecular complexity index is 1710. The number of methoxy groups -OCH3 is 2. The van der Waals surface area contributed by atoms with Crippen LogP contribution in [0.1, 0.15) is 24.5 Å². The summed E-state index contributed by atoms with van der Waals surface area (Å²) in [6.07, 6.45) is 3.32. The number of Topliss-reactive ketones (excluding diaryl/α,β-unsaturated/α-hetero) is 2. The van der Waals surface area contributed by atoms with Crippen molar-refractivity contribution in [2.24, 2.45) is 0 Å². The Balaban J connectivity index is 1.34. The van der Waals surface area contributed by atoms with E-state index in [1.165, 1.54) is 56.8 Å². The van der Waals surface area contributed by atoms with Crippen LogP contribution in [0, 0.1) is 11.6 Å². The van der Waals surface area contributed by atoms with Crippen molar-refractivity contribution in [3.63, 3.8) is 0 Å². The topological polar surface area (TPSA) is 87.6 Å². The summed E-state index contributed by atoms with van der Waals surface area (Å²) >= 11 is 0. The molecule has 40 heavy (non-hydrogen) atoms. The van der Waals surface area contributed by atoms with Gasteiger partial charge in [-0.1, -0.05) is 29.8 Å². The fraction of sp³-hybridized carbons (Fsp3) is 0.161. The average molecular weight is 543 g/mol. The van der Waals surface area contributed by atoms with Gasteiger partial charge in [0.2, 0.25) is 0 Å². The summed E-state index contributed by atoms with van der Waals surface area (Å²) in [7, 11) is 2.93. The molecule has 0 saturated carbocycles. The SMILES string of the molecule is COc1cc2nccc(Oc3ccc(CC(=O)C4=CCC(C)=C(c5ccc(F)cc5)C4=O)cc3F)c2nc1OC. The molecule has 0 bridgehead atoms. The second-order valence-electron chi connectivity index (χ2n) is 9.16. The van der Waals surface area contributed by atoms with E-state index in [9.17, 15) is 14.0 Å². The lowest BCUT2D eigenvalue weighted by atomic mass is 9.84. The summed E-state index contributed by atoms with van der Waals surface area (Å²) in [4.78, 5) is 34.9. The third kappa shape index (κ3) is 5.18. The monoisotopic (exact) mass is 542 g/mol. The summed E-state index contributed by atoms with van der Waals surface area (Å²) in [6.45, 7) is 1.80. The smallest absolute Gasteiger partial charge is 0.257 e. The predicted octanol–water partition coefficient (Wildman–Crippen LogP) is 6.20. The van der Waals surface area contributed by atoms with Crippen LogP contribution in [-0.2, 0) is 16.0 Å². The lowest BCUT2D eigenvalue weighted by molar-refractivity contribution is -0.118. The molecule has 0 aliphatic heterocycles. The van der Waals surface area contributed by atoms with Gasteiger partial charge >= 0.3 is 0 Å². The third-order valence-electron chi connectivity index (χ3n) is 6.55. The molecule has 0 saturated heterocycles. The molecular formula is C31H24F2N2O5. The van der Waals surface area contributed by atoms with Gasteiger partial charge in [0.15, 0.2) is 34.6 Å². The minimum atomic E-state index is -0.692. The summed E-state index contributed by atoms with van der Waals surface area (Å²) in [6, 6.07) is 12.9. The molecule has 9 heteroatoms. The standard InChI is InChI=1S/C31H24F2N2O5/c1-17-4-10-21(30(37)28(17)19-6-8-20(32)9-7-19)24(36)15-18-5-11-25(22(33)14-18)40-26-12-13-34-23-16-27(38-2)31(39-3)35-29(23)26/h5-14,16H,4,15H2,1-3H3. The number of fused-ring (bicyclic) bond motifs is 1. The number of nitrogens with zero attached hydrogens (tertiary/aromatic N) is 2. The first-order chi connectivity index (χ1) is 19.3. The van der Waals surface area contributed by atoms with E-state index < -0.39 is 23.2 Å². The summed E-state index contributed by atoms with van der Waals surface area (Å²) in [5.74, 6) is -1.18. The number of benzene rings is 2. The Morgan fingerprint density at radius 3 is 2.42 bits per heavy atom.